The van der Waals surface area contributed by atoms with E-state index in [0.717, 1.165) is 41.4 Å². The van der Waals surface area contributed by atoms with E-state index >= 15 is 0 Å². The maximum absolute atomic E-state index is 5.75. The molecule has 3 aromatic heterocycles. The van der Waals surface area contributed by atoms with Crippen LogP contribution in [0.15, 0.2) is 17.5 Å². The van der Waals surface area contributed by atoms with Crippen LogP contribution < -0.4 is 16.4 Å². The molecule has 1 saturated heterocycles. The summed E-state index contributed by atoms with van der Waals surface area (Å²) < 4.78 is 1.15. The van der Waals surface area contributed by atoms with E-state index in [-0.39, 0.29) is 0 Å². The van der Waals surface area contributed by atoms with Gasteiger partial charge in [0, 0.05) is 16.3 Å². The van der Waals surface area contributed by atoms with Gasteiger partial charge in [-0.15, -0.1) is 22.7 Å². The zero-order valence-corrected chi connectivity index (χ0v) is 14.6. The van der Waals surface area contributed by atoms with Crippen molar-refractivity contribution < 1.29 is 0 Å². The van der Waals surface area contributed by atoms with Crippen molar-refractivity contribution in [3.63, 3.8) is 0 Å². The highest BCUT2D eigenvalue weighted by molar-refractivity contribution is 7.19. The number of nitrogens with two attached hydrogens (primary N) is 1. The molecule has 120 valence electrons. The molecular weight excluding hydrogens is 326 g/mol. The van der Waals surface area contributed by atoms with Crippen molar-refractivity contribution in [1.82, 2.24) is 15.3 Å². The van der Waals surface area contributed by atoms with E-state index in [2.05, 4.69) is 35.1 Å². The molecule has 0 aliphatic carbocycles. The molecule has 0 aromatic carbocycles. The SMILES string of the molecule is Cc1c(CCN)sc2c(NCc3cccs3)nc(C3CN3)nc12. The Morgan fingerprint density at radius 3 is 3.00 bits per heavy atom. The number of hydrogen-bond donors (Lipinski definition) is 3. The first-order valence-corrected chi connectivity index (χ1v) is 9.45. The smallest absolute Gasteiger partial charge is 0.149 e. The molecule has 1 unspecified atom stereocenters. The molecule has 1 aliphatic rings. The molecule has 4 heterocycles. The normalized spacial score (nSPS) is 16.9. The largest absolute Gasteiger partial charge is 0.364 e. The molecule has 0 radical (unpaired) electrons. The summed E-state index contributed by atoms with van der Waals surface area (Å²) in [6.07, 6.45) is 0.897. The summed E-state index contributed by atoms with van der Waals surface area (Å²) in [5.41, 5.74) is 8.07. The first-order chi connectivity index (χ1) is 11.3. The summed E-state index contributed by atoms with van der Waals surface area (Å²) in [4.78, 5) is 12.2. The highest BCUT2D eigenvalue weighted by Gasteiger charge is 2.27. The quantitative estimate of drug-likeness (QED) is 0.598. The molecule has 0 bridgehead atoms. The molecule has 4 rings (SSSR count). The minimum atomic E-state index is 0.305. The molecule has 1 aliphatic heterocycles. The van der Waals surface area contributed by atoms with Gasteiger partial charge in [0.2, 0.25) is 0 Å². The van der Waals surface area contributed by atoms with Gasteiger partial charge in [-0.1, -0.05) is 6.07 Å². The van der Waals surface area contributed by atoms with Crippen molar-refractivity contribution in [1.29, 1.82) is 0 Å². The maximum Gasteiger partial charge on any atom is 0.149 e. The monoisotopic (exact) mass is 345 g/mol. The van der Waals surface area contributed by atoms with Gasteiger partial charge >= 0.3 is 0 Å². The minimum absolute atomic E-state index is 0.305. The summed E-state index contributed by atoms with van der Waals surface area (Å²) in [6.45, 7) is 4.57. The fourth-order valence-corrected chi connectivity index (χ4v) is 4.49. The van der Waals surface area contributed by atoms with Crippen LogP contribution in [0.2, 0.25) is 0 Å². The zero-order chi connectivity index (χ0) is 15.8. The molecule has 1 fully saturated rings. The second-order valence-corrected chi connectivity index (χ2v) is 7.83. The molecule has 23 heavy (non-hydrogen) atoms. The van der Waals surface area contributed by atoms with Gasteiger partial charge in [0.1, 0.15) is 11.6 Å². The predicted octanol–water partition coefficient (Wildman–Crippen LogP) is 2.82. The van der Waals surface area contributed by atoms with E-state index in [1.807, 2.05) is 0 Å². The van der Waals surface area contributed by atoms with Gasteiger partial charge in [0.25, 0.3) is 0 Å². The summed E-state index contributed by atoms with van der Waals surface area (Å²) in [7, 11) is 0. The van der Waals surface area contributed by atoms with Crippen molar-refractivity contribution in [2.45, 2.75) is 25.9 Å². The molecule has 4 N–H and O–H groups in total. The van der Waals surface area contributed by atoms with Crippen LogP contribution in [0.25, 0.3) is 10.2 Å². The first kappa shape index (κ1) is 15.0. The molecule has 0 spiro atoms. The lowest BCUT2D eigenvalue weighted by Gasteiger charge is -2.07. The predicted molar refractivity (Wildman–Crippen MR) is 97.3 cm³/mol. The molecule has 7 heteroatoms. The van der Waals surface area contributed by atoms with Gasteiger partial charge in [-0.25, -0.2) is 9.97 Å². The zero-order valence-electron chi connectivity index (χ0n) is 12.9. The Hall–Kier alpha value is -1.54. The third kappa shape index (κ3) is 2.97. The van der Waals surface area contributed by atoms with Crippen molar-refractivity contribution in [2.75, 3.05) is 18.4 Å². The summed E-state index contributed by atoms with van der Waals surface area (Å²) in [5.74, 6) is 1.84. The topological polar surface area (TPSA) is 85.8 Å². The van der Waals surface area contributed by atoms with E-state index in [1.54, 1.807) is 22.7 Å². The van der Waals surface area contributed by atoms with Crippen molar-refractivity contribution in [2.24, 2.45) is 5.73 Å². The van der Waals surface area contributed by atoms with Crippen LogP contribution in [0.4, 0.5) is 5.82 Å². The standard InChI is InChI=1S/C16H19N5S2/c1-9-12(4-5-17)23-14-13(9)20-15(11-8-18-11)21-16(14)19-7-10-3-2-6-22-10/h2-3,6,11,18H,4-5,7-8,17H2,1H3,(H,19,20,21). The van der Waals surface area contributed by atoms with Crippen LogP contribution in [-0.2, 0) is 13.0 Å². The van der Waals surface area contributed by atoms with Crippen LogP contribution in [0, 0.1) is 6.92 Å². The minimum Gasteiger partial charge on any atom is -0.364 e. The molecule has 0 amide bonds. The van der Waals surface area contributed by atoms with E-state index in [4.69, 9.17) is 15.7 Å². The number of hydrogen-bond acceptors (Lipinski definition) is 7. The summed E-state index contributed by atoms with van der Waals surface area (Å²) >= 11 is 3.52. The van der Waals surface area contributed by atoms with E-state index in [0.29, 0.717) is 12.6 Å². The lowest BCUT2D eigenvalue weighted by molar-refractivity contribution is 0.923. The Bertz CT molecular complexity index is 821. The van der Waals surface area contributed by atoms with Crippen LogP contribution in [0.3, 0.4) is 0 Å². The average Bonchev–Trinajstić information content (AvgIpc) is 3.19. The average molecular weight is 345 g/mol. The molecular formula is C16H19N5S2. The lowest BCUT2D eigenvalue weighted by atomic mass is 10.2. The third-order valence-corrected chi connectivity index (χ3v) is 6.21. The Morgan fingerprint density at radius 1 is 1.43 bits per heavy atom. The maximum atomic E-state index is 5.75. The van der Waals surface area contributed by atoms with Gasteiger partial charge in [0.15, 0.2) is 0 Å². The number of rotatable bonds is 6. The van der Waals surface area contributed by atoms with Crippen LogP contribution in [0.1, 0.15) is 27.2 Å². The second-order valence-electron chi connectivity index (χ2n) is 5.69. The third-order valence-electron chi connectivity index (χ3n) is 3.98. The second kappa shape index (κ2) is 6.16. The van der Waals surface area contributed by atoms with E-state index in [1.165, 1.54) is 15.3 Å². The fourth-order valence-electron chi connectivity index (χ4n) is 2.62. The first-order valence-electron chi connectivity index (χ1n) is 7.76. The van der Waals surface area contributed by atoms with Crippen molar-refractivity contribution in [3.8, 4) is 0 Å². The van der Waals surface area contributed by atoms with Crippen LogP contribution in [0.5, 0.6) is 0 Å². The number of aryl methyl sites for hydroxylation is 1. The van der Waals surface area contributed by atoms with Gasteiger partial charge < -0.3 is 16.4 Å². The highest BCUT2D eigenvalue weighted by Crippen LogP contribution is 2.36. The Labute approximate surface area is 143 Å². The number of nitrogens with zero attached hydrogens (tertiary/aromatic N) is 2. The Kier molecular flexibility index (Phi) is 4.02. The number of anilines is 1. The van der Waals surface area contributed by atoms with Crippen molar-refractivity contribution >= 4 is 38.7 Å². The Morgan fingerprint density at radius 2 is 2.30 bits per heavy atom. The number of thiophene rings is 2. The van der Waals surface area contributed by atoms with E-state index in [9.17, 15) is 0 Å². The summed E-state index contributed by atoms with van der Waals surface area (Å²) in [5, 5.41) is 8.90. The van der Waals surface area contributed by atoms with Crippen molar-refractivity contribution in [3.05, 3.63) is 38.7 Å². The highest BCUT2D eigenvalue weighted by atomic mass is 32.1. The fraction of sp³-hybridized carbons (Fsp3) is 0.375. The summed E-state index contributed by atoms with van der Waals surface area (Å²) in [6, 6.07) is 4.52. The van der Waals surface area contributed by atoms with Crippen LogP contribution >= 0.6 is 22.7 Å². The van der Waals surface area contributed by atoms with Gasteiger partial charge in [-0.2, -0.15) is 0 Å². The number of nitrogens with one attached hydrogen (secondary N) is 2. The molecule has 1 atom stereocenters. The molecule has 5 nitrogen and oxygen atoms in total. The molecule has 0 saturated carbocycles. The van der Waals surface area contributed by atoms with Crippen LogP contribution in [-0.4, -0.2) is 23.1 Å². The van der Waals surface area contributed by atoms with Gasteiger partial charge in [0.05, 0.1) is 22.8 Å². The lowest BCUT2D eigenvalue weighted by Crippen LogP contribution is -2.04. The number of fused-ring (bicyclic) bond motifs is 1. The van der Waals surface area contributed by atoms with E-state index < -0.39 is 0 Å². The molecule has 3 aromatic rings. The van der Waals surface area contributed by atoms with Gasteiger partial charge in [-0.3, -0.25) is 0 Å². The van der Waals surface area contributed by atoms with Gasteiger partial charge in [-0.05, 0) is 36.9 Å². The Balaban J connectivity index is 1.74. The number of aromatic nitrogens is 2.